The summed E-state index contributed by atoms with van der Waals surface area (Å²) >= 11 is 0. The summed E-state index contributed by atoms with van der Waals surface area (Å²) in [6, 6.07) is 0. The Bertz CT molecular complexity index is 418. The van der Waals surface area contributed by atoms with Gasteiger partial charge in [0.15, 0.2) is 0 Å². The monoisotopic (exact) mass is 340 g/mol. The largest absolute Gasteiger partial charge is 0.481 e. The van der Waals surface area contributed by atoms with E-state index in [4.69, 9.17) is 5.11 Å². The lowest BCUT2D eigenvalue weighted by Crippen LogP contribution is -2.19. The van der Waals surface area contributed by atoms with E-state index in [9.17, 15) is 19.8 Å². The van der Waals surface area contributed by atoms with Crippen molar-refractivity contribution in [3.63, 3.8) is 0 Å². The number of hydrogen-bond acceptors (Lipinski definition) is 4. The fourth-order valence-corrected chi connectivity index (χ4v) is 3.37. The van der Waals surface area contributed by atoms with E-state index in [1.165, 1.54) is 0 Å². The average Bonchev–Trinajstić information content (AvgIpc) is 2.78. The van der Waals surface area contributed by atoms with Crippen molar-refractivity contribution in [2.24, 2.45) is 11.8 Å². The molecular formula is C19H32O5. The summed E-state index contributed by atoms with van der Waals surface area (Å²) in [4.78, 5) is 22.6. The number of carbonyl (C=O) groups excluding carboxylic acids is 1. The highest BCUT2D eigenvalue weighted by Gasteiger charge is 2.39. The minimum Gasteiger partial charge on any atom is -0.481 e. The van der Waals surface area contributed by atoms with Gasteiger partial charge in [-0.25, -0.2) is 0 Å². The van der Waals surface area contributed by atoms with Crippen molar-refractivity contribution in [1.82, 2.24) is 0 Å². The standard InChI is InChI=1S/C19H32O5/c1-2-3-5-8-14(20)11-12-16-15(17(21)13-18(16)22)9-6-4-7-10-19(23)24/h11-12,14-16,18,20,22H,2-10,13H2,1H3,(H,23,24). The number of aliphatic carboxylic acids is 1. The Labute approximate surface area is 144 Å². The van der Waals surface area contributed by atoms with Crippen LogP contribution in [-0.4, -0.2) is 39.3 Å². The van der Waals surface area contributed by atoms with Crippen LogP contribution in [0.3, 0.4) is 0 Å². The maximum absolute atomic E-state index is 12.1. The second kappa shape index (κ2) is 11.4. The van der Waals surface area contributed by atoms with Crippen molar-refractivity contribution in [1.29, 1.82) is 0 Å². The van der Waals surface area contributed by atoms with Crippen LogP contribution in [-0.2, 0) is 9.59 Å². The van der Waals surface area contributed by atoms with Crippen LogP contribution < -0.4 is 0 Å². The number of carbonyl (C=O) groups is 2. The van der Waals surface area contributed by atoms with Crippen LogP contribution in [0.5, 0.6) is 0 Å². The van der Waals surface area contributed by atoms with Gasteiger partial charge in [0.2, 0.25) is 0 Å². The molecule has 4 atom stereocenters. The Morgan fingerprint density at radius 2 is 2.00 bits per heavy atom. The molecule has 5 nitrogen and oxygen atoms in total. The number of ketones is 1. The van der Waals surface area contributed by atoms with Crippen LogP contribution in [0.1, 0.15) is 71.1 Å². The predicted octanol–water partition coefficient (Wildman–Crippen LogP) is 3.09. The van der Waals surface area contributed by atoms with Crippen LogP contribution >= 0.6 is 0 Å². The van der Waals surface area contributed by atoms with Crippen LogP contribution in [0.4, 0.5) is 0 Å². The van der Waals surface area contributed by atoms with Crippen molar-refractivity contribution in [2.45, 2.75) is 83.3 Å². The Balaban J connectivity index is 2.44. The normalized spacial score (nSPS) is 25.5. The molecule has 3 N–H and O–H groups in total. The highest BCUT2D eigenvalue weighted by molar-refractivity contribution is 5.84. The van der Waals surface area contributed by atoms with Gasteiger partial charge in [0.1, 0.15) is 5.78 Å². The summed E-state index contributed by atoms with van der Waals surface area (Å²) in [6.07, 6.45) is 9.44. The van der Waals surface area contributed by atoms with Crippen LogP contribution in [0.2, 0.25) is 0 Å². The number of Topliss-reactive ketones (excluding diaryl/α,β-unsaturated/α-hetero) is 1. The lowest BCUT2D eigenvalue weighted by atomic mass is 9.88. The summed E-state index contributed by atoms with van der Waals surface area (Å²) in [5.41, 5.74) is 0. The second-order valence-corrected chi connectivity index (χ2v) is 6.86. The Hall–Kier alpha value is -1.20. The SMILES string of the molecule is CCCCCC(O)C=CC1C(O)CC(=O)C1CCCCCC(=O)O. The first-order valence-electron chi connectivity index (χ1n) is 9.24. The van der Waals surface area contributed by atoms with Crippen LogP contribution in [0, 0.1) is 11.8 Å². The molecule has 1 aliphatic rings. The number of unbranched alkanes of at least 4 members (excludes halogenated alkanes) is 4. The van der Waals surface area contributed by atoms with Crippen LogP contribution in [0.15, 0.2) is 12.2 Å². The summed E-state index contributed by atoms with van der Waals surface area (Å²) in [5.74, 6) is -1.14. The molecule has 1 saturated carbocycles. The van der Waals surface area contributed by atoms with E-state index < -0.39 is 18.2 Å². The molecule has 0 heterocycles. The Morgan fingerprint density at radius 3 is 2.67 bits per heavy atom. The second-order valence-electron chi connectivity index (χ2n) is 6.86. The van der Waals surface area contributed by atoms with Gasteiger partial charge in [-0.2, -0.15) is 0 Å². The molecule has 0 aromatic rings. The highest BCUT2D eigenvalue weighted by atomic mass is 16.4. The fraction of sp³-hybridized carbons (Fsp3) is 0.789. The van der Waals surface area contributed by atoms with Gasteiger partial charge in [0.05, 0.1) is 12.2 Å². The summed E-state index contributed by atoms with van der Waals surface area (Å²) in [7, 11) is 0. The maximum atomic E-state index is 12.1. The van der Waals surface area contributed by atoms with E-state index in [0.717, 1.165) is 32.1 Å². The average molecular weight is 340 g/mol. The molecule has 0 bridgehead atoms. The van der Waals surface area contributed by atoms with E-state index in [-0.39, 0.29) is 30.5 Å². The number of hydrogen-bond donors (Lipinski definition) is 3. The third-order valence-electron chi connectivity index (χ3n) is 4.80. The topological polar surface area (TPSA) is 94.8 Å². The van der Waals surface area contributed by atoms with Crippen molar-refractivity contribution < 1.29 is 24.9 Å². The lowest BCUT2D eigenvalue weighted by molar-refractivity contribution is -0.137. The van der Waals surface area contributed by atoms with E-state index in [2.05, 4.69) is 6.92 Å². The molecule has 4 unspecified atom stereocenters. The first-order valence-corrected chi connectivity index (χ1v) is 9.24. The molecule has 0 amide bonds. The smallest absolute Gasteiger partial charge is 0.303 e. The molecule has 0 aliphatic heterocycles. The first kappa shape index (κ1) is 20.8. The zero-order valence-electron chi connectivity index (χ0n) is 14.7. The van der Waals surface area contributed by atoms with Gasteiger partial charge < -0.3 is 15.3 Å². The number of rotatable bonds is 12. The van der Waals surface area contributed by atoms with E-state index in [1.807, 2.05) is 6.08 Å². The zero-order valence-corrected chi connectivity index (χ0v) is 14.7. The highest BCUT2D eigenvalue weighted by Crippen LogP contribution is 2.34. The zero-order chi connectivity index (χ0) is 17.9. The van der Waals surface area contributed by atoms with E-state index >= 15 is 0 Å². The minimum absolute atomic E-state index is 0.0795. The molecule has 0 spiro atoms. The van der Waals surface area contributed by atoms with Gasteiger partial charge in [-0.3, -0.25) is 9.59 Å². The molecule has 1 fully saturated rings. The molecule has 0 radical (unpaired) electrons. The molecule has 138 valence electrons. The molecule has 24 heavy (non-hydrogen) atoms. The number of aliphatic hydroxyl groups excluding tert-OH is 2. The molecule has 0 saturated heterocycles. The van der Waals surface area contributed by atoms with Crippen molar-refractivity contribution in [3.05, 3.63) is 12.2 Å². The van der Waals surface area contributed by atoms with Crippen molar-refractivity contribution in [2.75, 3.05) is 0 Å². The van der Waals surface area contributed by atoms with Crippen molar-refractivity contribution in [3.8, 4) is 0 Å². The molecular weight excluding hydrogens is 308 g/mol. The van der Waals surface area contributed by atoms with Gasteiger partial charge in [0, 0.05) is 24.7 Å². The molecule has 1 aliphatic carbocycles. The van der Waals surface area contributed by atoms with Crippen LogP contribution in [0.25, 0.3) is 0 Å². The first-order chi connectivity index (χ1) is 11.5. The van der Waals surface area contributed by atoms with E-state index in [0.29, 0.717) is 19.3 Å². The number of carboxylic acids is 1. The van der Waals surface area contributed by atoms with Gasteiger partial charge >= 0.3 is 5.97 Å². The Morgan fingerprint density at radius 1 is 1.25 bits per heavy atom. The molecule has 0 aromatic heterocycles. The summed E-state index contributed by atoms with van der Waals surface area (Å²) in [5, 5.41) is 28.7. The molecule has 1 rings (SSSR count). The summed E-state index contributed by atoms with van der Waals surface area (Å²) in [6.45, 7) is 2.11. The van der Waals surface area contributed by atoms with Gasteiger partial charge in [-0.1, -0.05) is 51.2 Å². The Kier molecular flexibility index (Phi) is 9.88. The van der Waals surface area contributed by atoms with Crippen molar-refractivity contribution >= 4 is 11.8 Å². The number of carboxylic acid groups (broad SMARTS) is 1. The maximum Gasteiger partial charge on any atom is 0.303 e. The fourth-order valence-electron chi connectivity index (χ4n) is 3.37. The molecule has 0 aromatic carbocycles. The third-order valence-corrected chi connectivity index (χ3v) is 4.80. The molecule has 5 heteroatoms. The lowest BCUT2D eigenvalue weighted by Gasteiger charge is -2.18. The predicted molar refractivity (Wildman–Crippen MR) is 92.6 cm³/mol. The van der Waals surface area contributed by atoms with Gasteiger partial charge in [-0.05, 0) is 19.3 Å². The number of aliphatic hydroxyl groups is 2. The quantitative estimate of drug-likeness (QED) is 0.375. The third kappa shape index (κ3) is 7.58. The van der Waals surface area contributed by atoms with E-state index in [1.54, 1.807) is 6.08 Å². The van der Waals surface area contributed by atoms with Gasteiger partial charge in [0.25, 0.3) is 0 Å². The minimum atomic E-state index is -0.791. The summed E-state index contributed by atoms with van der Waals surface area (Å²) < 4.78 is 0. The van der Waals surface area contributed by atoms with Gasteiger partial charge in [-0.15, -0.1) is 0 Å².